The molecule has 3 rings (SSSR count). The van der Waals surface area contributed by atoms with E-state index in [1.807, 2.05) is 0 Å². The van der Waals surface area contributed by atoms with Crippen LogP contribution in [0.3, 0.4) is 0 Å². The van der Waals surface area contributed by atoms with Crippen molar-refractivity contribution >= 4 is 33.8 Å². The van der Waals surface area contributed by atoms with E-state index in [0.29, 0.717) is 0 Å². The van der Waals surface area contributed by atoms with Gasteiger partial charge >= 0.3 is 0 Å². The zero-order valence-corrected chi connectivity index (χ0v) is 17.0. The van der Waals surface area contributed by atoms with Crippen LogP contribution in [0.5, 0.6) is 0 Å². The number of aryl methyl sites for hydroxylation is 2. The molecule has 0 bridgehead atoms. The third kappa shape index (κ3) is 3.15. The van der Waals surface area contributed by atoms with Crippen molar-refractivity contribution in [3.8, 4) is 0 Å². The van der Waals surface area contributed by atoms with Crippen molar-refractivity contribution in [3.05, 3.63) is 88.5 Å². The summed E-state index contributed by atoms with van der Waals surface area (Å²) in [5, 5.41) is 2.96. The Morgan fingerprint density at radius 3 is 1.35 bits per heavy atom. The second-order valence-electron chi connectivity index (χ2n) is 6.67. The van der Waals surface area contributed by atoms with Crippen LogP contribution in [0.25, 0.3) is 0 Å². The zero-order chi connectivity index (χ0) is 19.1. The highest BCUT2D eigenvalue weighted by Gasteiger charge is 2.29. The van der Waals surface area contributed by atoms with Crippen molar-refractivity contribution in [3.63, 3.8) is 0 Å². The van der Waals surface area contributed by atoms with Crippen molar-refractivity contribution in [2.24, 2.45) is 0 Å². The Bertz CT molecular complexity index is 930. The molecule has 3 aromatic carbocycles. The van der Waals surface area contributed by atoms with E-state index in [9.17, 15) is 8.78 Å². The number of halogens is 2. The molecule has 0 atom stereocenters. The quantitative estimate of drug-likeness (QED) is 0.574. The second-order valence-corrected chi connectivity index (χ2v) is 11.0. The average molecular weight is 386 g/mol. The molecule has 0 spiro atoms. The first-order valence-corrected chi connectivity index (χ1v) is 11.3. The van der Waals surface area contributed by atoms with E-state index < -0.39 is 6.04 Å². The Morgan fingerprint density at radius 2 is 1.00 bits per heavy atom. The molecule has 0 aliphatic heterocycles. The fourth-order valence-corrected chi connectivity index (χ4v) is 8.18. The van der Waals surface area contributed by atoms with Gasteiger partial charge in [0.15, 0.2) is 0 Å². The van der Waals surface area contributed by atoms with Crippen molar-refractivity contribution in [2.75, 3.05) is 0 Å². The molecule has 0 unspecified atom stereocenters. The lowest BCUT2D eigenvalue weighted by Gasteiger charge is -2.29. The molecule has 3 aromatic rings. The van der Waals surface area contributed by atoms with Crippen molar-refractivity contribution in [1.29, 1.82) is 0 Å². The summed E-state index contributed by atoms with van der Waals surface area (Å²) in [5.41, 5.74) is 4.68. The molecule has 0 N–H and O–H groups in total. The van der Waals surface area contributed by atoms with Gasteiger partial charge in [-0.15, -0.1) is 0 Å². The maximum absolute atomic E-state index is 13.5. The summed E-state index contributed by atoms with van der Waals surface area (Å²) in [5.74, 6) is -0.577. The van der Waals surface area contributed by atoms with Gasteiger partial charge in [0.25, 0.3) is 0 Å². The number of hydrogen-bond donors (Lipinski definition) is 0. The minimum Gasteiger partial charge on any atom is -0.207 e. The number of hydrogen-bond acceptors (Lipinski definition) is 1. The van der Waals surface area contributed by atoms with E-state index in [1.54, 1.807) is 24.3 Å². The van der Waals surface area contributed by atoms with Gasteiger partial charge in [-0.2, -0.15) is 0 Å². The van der Waals surface area contributed by atoms with Gasteiger partial charge in [-0.25, -0.2) is 8.78 Å². The van der Waals surface area contributed by atoms with Crippen LogP contribution in [0.1, 0.15) is 22.3 Å². The summed E-state index contributed by atoms with van der Waals surface area (Å²) in [6, 6.07) is 12.6. The van der Waals surface area contributed by atoms with Crippen LogP contribution in [-0.2, 0) is 11.8 Å². The van der Waals surface area contributed by atoms with Crippen molar-refractivity contribution in [2.45, 2.75) is 27.7 Å². The van der Waals surface area contributed by atoms with E-state index in [2.05, 4.69) is 33.8 Å². The Hall–Kier alpha value is -1.83. The number of benzene rings is 3. The first kappa shape index (κ1) is 18.9. The van der Waals surface area contributed by atoms with Crippen LogP contribution in [0, 0.1) is 39.3 Å². The Morgan fingerprint density at radius 1 is 0.654 bits per heavy atom. The molecule has 0 fully saturated rings. The second kappa shape index (κ2) is 7.06. The van der Waals surface area contributed by atoms with E-state index in [1.165, 1.54) is 35.4 Å². The summed E-state index contributed by atoms with van der Waals surface area (Å²) in [6.45, 7) is 8.34. The fourth-order valence-electron chi connectivity index (χ4n) is 3.38. The molecule has 4 heteroatoms. The van der Waals surface area contributed by atoms with E-state index >= 15 is 0 Å². The summed E-state index contributed by atoms with van der Waals surface area (Å²) in [4.78, 5) is 0. The molecule has 0 heterocycles. The van der Waals surface area contributed by atoms with Gasteiger partial charge in [0.1, 0.15) is 11.6 Å². The maximum atomic E-state index is 13.5. The standard InChI is InChI=1S/C22H21F2PS/c1-14-13-15(2)17(4)22(16(14)3)25(26,20-9-5-18(23)6-10-20)21-11-7-19(24)8-12-21/h5-13H,1-4H3. The molecule has 0 radical (unpaired) electrons. The highest BCUT2D eigenvalue weighted by molar-refractivity contribution is 8.25. The SMILES string of the molecule is Cc1cc(C)c(C)c(P(=S)(c2ccc(F)cc2)c2ccc(F)cc2)c1C. The predicted octanol–water partition coefficient (Wildman–Crippen LogP) is 4.95. The van der Waals surface area contributed by atoms with Crippen molar-refractivity contribution < 1.29 is 8.78 Å². The molecule has 134 valence electrons. The summed E-state index contributed by atoms with van der Waals surface area (Å²) in [6.07, 6.45) is 0. The maximum Gasteiger partial charge on any atom is 0.123 e. The van der Waals surface area contributed by atoms with E-state index in [-0.39, 0.29) is 11.6 Å². The van der Waals surface area contributed by atoms with Crippen molar-refractivity contribution in [1.82, 2.24) is 0 Å². The predicted molar refractivity (Wildman–Crippen MR) is 111 cm³/mol. The molecular formula is C22H21F2PS. The van der Waals surface area contributed by atoms with Crippen LogP contribution in [0.4, 0.5) is 8.78 Å². The highest BCUT2D eigenvalue weighted by Crippen LogP contribution is 2.45. The zero-order valence-electron chi connectivity index (χ0n) is 15.3. The lowest BCUT2D eigenvalue weighted by molar-refractivity contribution is 0.628. The largest absolute Gasteiger partial charge is 0.207 e. The Balaban J connectivity index is 2.42. The third-order valence-corrected chi connectivity index (χ3v) is 10.2. The molecule has 0 saturated heterocycles. The van der Waals surface area contributed by atoms with Gasteiger partial charge < -0.3 is 0 Å². The third-order valence-electron chi connectivity index (χ3n) is 5.02. The van der Waals surface area contributed by atoms with Crippen LogP contribution in [0.2, 0.25) is 0 Å². The van der Waals surface area contributed by atoms with E-state index in [4.69, 9.17) is 11.8 Å². The van der Waals surface area contributed by atoms with Gasteiger partial charge in [-0.1, -0.05) is 42.1 Å². The normalized spacial score (nSPS) is 11.6. The van der Waals surface area contributed by atoms with Gasteiger partial charge in [0, 0.05) is 11.3 Å². The van der Waals surface area contributed by atoms with Gasteiger partial charge in [-0.05, 0) is 84.8 Å². The molecule has 0 aliphatic rings. The molecule has 26 heavy (non-hydrogen) atoms. The average Bonchev–Trinajstić information content (AvgIpc) is 2.61. The van der Waals surface area contributed by atoms with Crippen LogP contribution in [-0.4, -0.2) is 0 Å². The topological polar surface area (TPSA) is 0 Å². The molecule has 0 aromatic heterocycles. The lowest BCUT2D eigenvalue weighted by atomic mass is 10.0. The molecule has 0 nitrogen and oxygen atoms in total. The van der Waals surface area contributed by atoms with Gasteiger partial charge in [-0.3, -0.25) is 0 Å². The van der Waals surface area contributed by atoms with Crippen LogP contribution >= 0.6 is 6.04 Å². The minimum absolute atomic E-state index is 0.289. The van der Waals surface area contributed by atoms with Gasteiger partial charge in [0.2, 0.25) is 0 Å². The summed E-state index contributed by atoms with van der Waals surface area (Å²) in [7, 11) is 0. The smallest absolute Gasteiger partial charge is 0.123 e. The van der Waals surface area contributed by atoms with Crippen LogP contribution in [0.15, 0.2) is 54.6 Å². The monoisotopic (exact) mass is 386 g/mol. The van der Waals surface area contributed by atoms with Crippen LogP contribution < -0.4 is 15.9 Å². The first-order chi connectivity index (χ1) is 12.2. The lowest BCUT2D eigenvalue weighted by Crippen LogP contribution is -2.29. The summed E-state index contributed by atoms with van der Waals surface area (Å²) >= 11 is 6.35. The highest BCUT2D eigenvalue weighted by atomic mass is 32.4. The first-order valence-electron chi connectivity index (χ1n) is 8.45. The Kier molecular flexibility index (Phi) is 5.14. The minimum atomic E-state index is -2.45. The van der Waals surface area contributed by atoms with Gasteiger partial charge in [0.05, 0.1) is 0 Å². The number of rotatable bonds is 3. The fraction of sp³-hybridized carbons (Fsp3) is 0.182. The molecular weight excluding hydrogens is 365 g/mol. The molecule has 0 saturated carbocycles. The molecule has 0 aliphatic carbocycles. The summed E-state index contributed by atoms with van der Waals surface area (Å²) < 4.78 is 27.1. The molecule has 0 amide bonds. The van der Waals surface area contributed by atoms with E-state index in [0.717, 1.165) is 27.0 Å². The Labute approximate surface area is 158 Å².